The molecule has 2 amide bonds. The van der Waals surface area contributed by atoms with Gasteiger partial charge in [0, 0.05) is 51.2 Å². The van der Waals surface area contributed by atoms with E-state index >= 15 is 0 Å². The van der Waals surface area contributed by atoms with Gasteiger partial charge >= 0.3 is 0 Å². The van der Waals surface area contributed by atoms with Crippen molar-refractivity contribution < 1.29 is 9.59 Å². The van der Waals surface area contributed by atoms with Crippen LogP contribution in [0.15, 0.2) is 35.1 Å². The zero-order valence-electron chi connectivity index (χ0n) is 21.2. The van der Waals surface area contributed by atoms with E-state index in [0.29, 0.717) is 53.6 Å². The number of aromatic nitrogens is 2. The van der Waals surface area contributed by atoms with Crippen molar-refractivity contribution in [2.24, 2.45) is 0 Å². The zero-order chi connectivity index (χ0) is 26.4. The Morgan fingerprint density at radius 2 is 1.82 bits per heavy atom. The molecule has 11 heteroatoms. The molecule has 2 saturated heterocycles. The van der Waals surface area contributed by atoms with Crippen molar-refractivity contribution in [1.82, 2.24) is 24.5 Å². The molecule has 38 heavy (non-hydrogen) atoms. The molecule has 3 aromatic heterocycles. The summed E-state index contributed by atoms with van der Waals surface area (Å²) in [5.74, 6) is 0.436. The van der Waals surface area contributed by atoms with Crippen molar-refractivity contribution in [3.63, 3.8) is 0 Å². The number of amides is 2. The molecule has 0 atom stereocenters. The average molecular weight is 553 g/mol. The highest BCUT2D eigenvalue weighted by atomic mass is 35.5. The average Bonchev–Trinajstić information content (AvgIpc) is 3.56. The summed E-state index contributed by atoms with van der Waals surface area (Å²) in [6.07, 6.45) is 2.37. The molecule has 0 saturated carbocycles. The molecule has 0 aliphatic carbocycles. The fourth-order valence-electron chi connectivity index (χ4n) is 5.45. The van der Waals surface area contributed by atoms with Crippen molar-refractivity contribution in [2.75, 3.05) is 57.3 Å². The second-order valence-corrected chi connectivity index (χ2v) is 11.4. The topological polar surface area (TPSA) is 90.3 Å². The van der Waals surface area contributed by atoms with Gasteiger partial charge in [-0.05, 0) is 56.3 Å². The number of halogens is 1. The van der Waals surface area contributed by atoms with Crippen molar-refractivity contribution in [3.05, 3.63) is 51.1 Å². The summed E-state index contributed by atoms with van der Waals surface area (Å²) in [7, 11) is 0. The fourth-order valence-corrected chi connectivity index (χ4v) is 6.78. The molecule has 9 nitrogen and oxygen atoms in total. The number of benzene rings is 1. The van der Waals surface area contributed by atoms with Gasteiger partial charge in [0.05, 0.1) is 15.6 Å². The third kappa shape index (κ3) is 4.50. The van der Waals surface area contributed by atoms with Crippen LogP contribution in [0.3, 0.4) is 0 Å². The number of piperazine rings is 1. The molecule has 0 radical (unpaired) electrons. The van der Waals surface area contributed by atoms with Gasteiger partial charge in [0.15, 0.2) is 5.65 Å². The van der Waals surface area contributed by atoms with Gasteiger partial charge in [-0.25, -0.2) is 4.98 Å². The standard InChI is InChI=1S/C27H29ClN6O3S/c1-17(35)32-12-14-33(15-13-32)22-7-5-19-24(36)23(26(37)29-8-11-31-9-2-3-10-31)27-34(25(19)30-22)20-16-18(28)4-6-21(20)38-27/h4-7,16H,2-3,8-15H2,1H3,(H,29,37). The minimum atomic E-state index is -0.365. The molecule has 0 spiro atoms. The van der Waals surface area contributed by atoms with Crippen LogP contribution in [0, 0.1) is 0 Å². The van der Waals surface area contributed by atoms with Crippen LogP contribution in [-0.4, -0.2) is 83.4 Å². The molecule has 0 bridgehead atoms. The number of rotatable bonds is 5. The lowest BCUT2D eigenvalue weighted by Crippen LogP contribution is -2.48. The third-order valence-corrected chi connectivity index (χ3v) is 8.90. The molecule has 2 fully saturated rings. The van der Waals surface area contributed by atoms with E-state index in [9.17, 15) is 14.4 Å². The van der Waals surface area contributed by atoms with E-state index < -0.39 is 0 Å². The highest BCUT2D eigenvalue weighted by Crippen LogP contribution is 2.33. The Labute approximate surface area is 228 Å². The van der Waals surface area contributed by atoms with Crippen molar-refractivity contribution in [1.29, 1.82) is 0 Å². The number of nitrogens with one attached hydrogen (secondary N) is 1. The van der Waals surface area contributed by atoms with Crippen molar-refractivity contribution in [2.45, 2.75) is 19.8 Å². The minimum Gasteiger partial charge on any atom is -0.353 e. The van der Waals surface area contributed by atoms with Crippen LogP contribution < -0.4 is 15.6 Å². The Kier molecular flexibility index (Phi) is 6.71. The first-order valence-electron chi connectivity index (χ1n) is 13.0. The predicted octanol–water partition coefficient (Wildman–Crippen LogP) is 3.21. The number of hydrogen-bond donors (Lipinski definition) is 1. The van der Waals surface area contributed by atoms with Gasteiger partial charge in [-0.3, -0.25) is 18.8 Å². The molecule has 2 aliphatic rings. The fraction of sp³-hybridized carbons (Fsp3) is 0.407. The van der Waals surface area contributed by atoms with E-state index in [4.69, 9.17) is 16.6 Å². The maximum Gasteiger partial charge on any atom is 0.258 e. The van der Waals surface area contributed by atoms with Gasteiger partial charge in [-0.15, -0.1) is 11.3 Å². The van der Waals surface area contributed by atoms with Crippen LogP contribution in [0.25, 0.3) is 26.1 Å². The monoisotopic (exact) mass is 552 g/mol. The normalized spacial score (nSPS) is 16.7. The Hall–Kier alpha value is -3.21. The smallest absolute Gasteiger partial charge is 0.258 e. The molecular formula is C27H29ClN6O3S. The highest BCUT2D eigenvalue weighted by Gasteiger charge is 2.25. The predicted molar refractivity (Wildman–Crippen MR) is 152 cm³/mol. The highest BCUT2D eigenvalue weighted by molar-refractivity contribution is 7.24. The molecule has 5 heterocycles. The Bertz CT molecular complexity index is 1620. The maximum atomic E-state index is 13.8. The van der Waals surface area contributed by atoms with Gasteiger partial charge < -0.3 is 20.0 Å². The SMILES string of the molecule is CC(=O)N1CCN(c2ccc3c(=O)c(C(=O)NCCN4CCCC4)c4sc5ccc(Cl)cc5n4c3n2)CC1. The number of pyridine rings is 2. The van der Waals surface area contributed by atoms with Crippen LogP contribution in [0.5, 0.6) is 0 Å². The number of likely N-dealkylation sites (tertiary alicyclic amines) is 1. The summed E-state index contributed by atoms with van der Waals surface area (Å²) in [6, 6.07) is 9.16. The van der Waals surface area contributed by atoms with Crippen molar-refractivity contribution >= 4 is 66.7 Å². The quantitative estimate of drug-likeness (QED) is 0.409. The zero-order valence-corrected chi connectivity index (χ0v) is 22.8. The first kappa shape index (κ1) is 25.1. The Morgan fingerprint density at radius 3 is 2.55 bits per heavy atom. The number of carbonyl (C=O) groups excluding carboxylic acids is 2. The van der Waals surface area contributed by atoms with Crippen LogP contribution in [0.1, 0.15) is 30.1 Å². The van der Waals surface area contributed by atoms with Gasteiger partial charge in [-0.1, -0.05) is 11.6 Å². The first-order chi connectivity index (χ1) is 18.4. The number of carbonyl (C=O) groups is 2. The Balaban J connectivity index is 1.44. The number of anilines is 1. The summed E-state index contributed by atoms with van der Waals surface area (Å²) < 4.78 is 2.81. The lowest BCUT2D eigenvalue weighted by molar-refractivity contribution is -0.129. The molecule has 6 rings (SSSR count). The van der Waals surface area contributed by atoms with Gasteiger partial charge in [0.1, 0.15) is 16.2 Å². The Morgan fingerprint density at radius 1 is 1.05 bits per heavy atom. The summed E-state index contributed by atoms with van der Waals surface area (Å²) in [5, 5.41) is 3.94. The van der Waals surface area contributed by atoms with E-state index in [1.54, 1.807) is 13.0 Å². The summed E-state index contributed by atoms with van der Waals surface area (Å²) in [6.45, 7) is 7.50. The summed E-state index contributed by atoms with van der Waals surface area (Å²) in [4.78, 5) is 50.7. The van der Waals surface area contributed by atoms with E-state index in [1.807, 2.05) is 33.6 Å². The van der Waals surface area contributed by atoms with E-state index in [-0.39, 0.29) is 22.8 Å². The number of nitrogens with zero attached hydrogens (tertiary/aromatic N) is 5. The minimum absolute atomic E-state index is 0.0669. The van der Waals surface area contributed by atoms with Gasteiger partial charge in [-0.2, -0.15) is 0 Å². The summed E-state index contributed by atoms with van der Waals surface area (Å²) >= 11 is 7.76. The molecule has 0 unspecified atom stereocenters. The first-order valence-corrected chi connectivity index (χ1v) is 14.2. The van der Waals surface area contributed by atoms with Gasteiger partial charge in [0.25, 0.3) is 5.91 Å². The van der Waals surface area contributed by atoms with Crippen LogP contribution in [-0.2, 0) is 4.79 Å². The van der Waals surface area contributed by atoms with Crippen LogP contribution >= 0.6 is 22.9 Å². The van der Waals surface area contributed by atoms with E-state index in [0.717, 1.165) is 35.7 Å². The lowest BCUT2D eigenvalue weighted by Gasteiger charge is -2.35. The third-order valence-electron chi connectivity index (χ3n) is 7.52. The number of thiazole rings is 1. The molecule has 1 aromatic carbocycles. The summed E-state index contributed by atoms with van der Waals surface area (Å²) in [5.41, 5.74) is 1.12. The van der Waals surface area contributed by atoms with Crippen molar-refractivity contribution in [3.8, 4) is 0 Å². The molecule has 4 aromatic rings. The molecular weight excluding hydrogens is 524 g/mol. The number of fused-ring (bicyclic) bond motifs is 5. The second-order valence-electron chi connectivity index (χ2n) is 9.90. The largest absolute Gasteiger partial charge is 0.353 e. The number of hydrogen-bond acceptors (Lipinski definition) is 7. The lowest BCUT2D eigenvalue weighted by atomic mass is 10.1. The molecule has 198 valence electrons. The van der Waals surface area contributed by atoms with Gasteiger partial charge in [0.2, 0.25) is 11.3 Å². The second kappa shape index (κ2) is 10.2. The molecule has 1 N–H and O–H groups in total. The van der Waals surface area contributed by atoms with E-state index in [2.05, 4.69) is 15.1 Å². The van der Waals surface area contributed by atoms with E-state index in [1.165, 1.54) is 24.2 Å². The molecule has 2 aliphatic heterocycles. The van der Waals surface area contributed by atoms with Crippen LogP contribution in [0.2, 0.25) is 5.02 Å². The van der Waals surface area contributed by atoms with Crippen LogP contribution in [0.4, 0.5) is 5.82 Å². The maximum absolute atomic E-state index is 13.8.